The van der Waals surface area contributed by atoms with Gasteiger partial charge in [0.15, 0.2) is 11.5 Å². The van der Waals surface area contributed by atoms with E-state index in [1.54, 1.807) is 32.0 Å². The third-order valence-corrected chi connectivity index (χ3v) is 5.11. The summed E-state index contributed by atoms with van der Waals surface area (Å²) in [5.41, 5.74) is -0.0839. The number of hydrogen-bond donors (Lipinski definition) is 1. The highest BCUT2D eigenvalue weighted by molar-refractivity contribution is 5.76. The molecule has 170 valence electrons. The molecule has 8 heteroatoms. The summed E-state index contributed by atoms with van der Waals surface area (Å²) in [6, 6.07) is 8.72. The highest BCUT2D eigenvalue weighted by Crippen LogP contribution is 2.40. The maximum atomic E-state index is 13.0. The van der Waals surface area contributed by atoms with E-state index in [-0.39, 0.29) is 18.9 Å². The molecule has 0 saturated carbocycles. The molecule has 0 aliphatic carbocycles. The Bertz CT molecular complexity index is 910. The lowest BCUT2D eigenvalue weighted by Crippen LogP contribution is -2.37. The van der Waals surface area contributed by atoms with Crippen molar-refractivity contribution in [2.45, 2.75) is 38.3 Å². The summed E-state index contributed by atoms with van der Waals surface area (Å²) >= 11 is 0. The zero-order valence-electron chi connectivity index (χ0n) is 18.4. The van der Waals surface area contributed by atoms with Crippen molar-refractivity contribution in [2.24, 2.45) is 0 Å². The van der Waals surface area contributed by atoms with Gasteiger partial charge in [0.05, 0.1) is 26.9 Å². The van der Waals surface area contributed by atoms with Crippen LogP contribution in [0.25, 0.3) is 0 Å². The molecule has 31 heavy (non-hydrogen) atoms. The van der Waals surface area contributed by atoms with Crippen LogP contribution in [0, 0.1) is 0 Å². The van der Waals surface area contributed by atoms with E-state index in [1.165, 1.54) is 27.4 Å². The van der Waals surface area contributed by atoms with Gasteiger partial charge in [0.1, 0.15) is 0 Å². The zero-order chi connectivity index (χ0) is 23.2. The molecular formula is C23H28F3NO4. The molecule has 0 aromatic heterocycles. The summed E-state index contributed by atoms with van der Waals surface area (Å²) in [5.74, 6) is 1.26. The van der Waals surface area contributed by atoms with Crippen molar-refractivity contribution >= 4 is 5.91 Å². The number of amides is 1. The first kappa shape index (κ1) is 24.4. The predicted molar refractivity (Wildman–Crippen MR) is 112 cm³/mol. The van der Waals surface area contributed by atoms with Crippen LogP contribution in [0.15, 0.2) is 36.4 Å². The van der Waals surface area contributed by atoms with Gasteiger partial charge in [-0.15, -0.1) is 0 Å². The summed E-state index contributed by atoms with van der Waals surface area (Å²) < 4.78 is 55.0. The van der Waals surface area contributed by atoms with Gasteiger partial charge in [-0.1, -0.05) is 38.1 Å². The average molecular weight is 439 g/mol. The fraction of sp³-hybridized carbons (Fsp3) is 0.435. The minimum atomic E-state index is -4.41. The van der Waals surface area contributed by atoms with Gasteiger partial charge in [-0.2, -0.15) is 13.2 Å². The number of rotatable bonds is 9. The van der Waals surface area contributed by atoms with E-state index in [4.69, 9.17) is 14.2 Å². The molecule has 5 nitrogen and oxygen atoms in total. The van der Waals surface area contributed by atoms with E-state index in [9.17, 15) is 18.0 Å². The smallest absolute Gasteiger partial charge is 0.416 e. The van der Waals surface area contributed by atoms with Crippen molar-refractivity contribution in [3.63, 3.8) is 0 Å². The number of carbonyl (C=O) groups is 1. The summed E-state index contributed by atoms with van der Waals surface area (Å²) in [6.07, 6.45) is -3.82. The van der Waals surface area contributed by atoms with Gasteiger partial charge in [-0.3, -0.25) is 4.79 Å². The Kier molecular flexibility index (Phi) is 7.81. The van der Waals surface area contributed by atoms with E-state index in [1.807, 2.05) is 0 Å². The first-order chi connectivity index (χ1) is 14.5. The van der Waals surface area contributed by atoms with Crippen molar-refractivity contribution in [2.75, 3.05) is 27.9 Å². The number of methoxy groups -OCH3 is 3. The average Bonchev–Trinajstić information content (AvgIpc) is 2.74. The van der Waals surface area contributed by atoms with E-state index in [0.29, 0.717) is 29.2 Å². The van der Waals surface area contributed by atoms with Crippen molar-refractivity contribution in [3.8, 4) is 17.2 Å². The third kappa shape index (κ3) is 6.06. The first-order valence-corrected chi connectivity index (χ1v) is 9.75. The molecule has 0 spiro atoms. The zero-order valence-corrected chi connectivity index (χ0v) is 18.4. The Labute approximate surface area is 180 Å². The molecule has 0 radical (unpaired) electrons. The maximum Gasteiger partial charge on any atom is 0.416 e. The van der Waals surface area contributed by atoms with Gasteiger partial charge < -0.3 is 19.5 Å². The maximum absolute atomic E-state index is 13.0. The Hall–Kier alpha value is -2.90. The van der Waals surface area contributed by atoms with Crippen molar-refractivity contribution in [1.29, 1.82) is 0 Å². The molecule has 0 saturated heterocycles. The van der Waals surface area contributed by atoms with E-state index in [2.05, 4.69) is 5.32 Å². The molecular weight excluding hydrogens is 411 g/mol. The lowest BCUT2D eigenvalue weighted by atomic mass is 9.83. The van der Waals surface area contributed by atoms with Crippen molar-refractivity contribution in [3.05, 3.63) is 53.1 Å². The standard InChI is InChI=1S/C23H28F3NO4/c1-22(2,16-7-6-8-17(13-16)23(24,25)26)14-27-19(28)12-10-15-9-11-18(29-3)21(31-5)20(15)30-4/h6-9,11,13H,10,12,14H2,1-5H3,(H,27,28). The van der Waals surface area contributed by atoms with Crippen molar-refractivity contribution < 1.29 is 32.2 Å². The van der Waals surface area contributed by atoms with Crippen LogP contribution in [0.5, 0.6) is 17.2 Å². The highest BCUT2D eigenvalue weighted by atomic mass is 19.4. The minimum Gasteiger partial charge on any atom is -0.493 e. The Morgan fingerprint density at radius 3 is 2.16 bits per heavy atom. The number of ether oxygens (including phenoxy) is 3. The largest absolute Gasteiger partial charge is 0.493 e. The molecule has 0 unspecified atom stereocenters. The third-order valence-electron chi connectivity index (χ3n) is 5.11. The molecule has 2 aromatic carbocycles. The van der Waals surface area contributed by atoms with Gasteiger partial charge in [0.25, 0.3) is 0 Å². The molecule has 0 aliphatic rings. The second-order valence-corrected chi connectivity index (χ2v) is 7.73. The van der Waals surface area contributed by atoms with E-state index < -0.39 is 17.2 Å². The van der Waals surface area contributed by atoms with Crippen LogP contribution < -0.4 is 19.5 Å². The number of aryl methyl sites for hydroxylation is 1. The molecule has 1 amide bonds. The van der Waals surface area contributed by atoms with E-state index in [0.717, 1.165) is 17.7 Å². The first-order valence-electron chi connectivity index (χ1n) is 9.75. The Balaban J connectivity index is 2.03. The second-order valence-electron chi connectivity index (χ2n) is 7.73. The second kappa shape index (κ2) is 9.94. The molecule has 0 atom stereocenters. The minimum absolute atomic E-state index is 0.185. The molecule has 0 fully saturated rings. The number of hydrogen-bond acceptors (Lipinski definition) is 4. The summed E-state index contributed by atoms with van der Waals surface area (Å²) in [4.78, 5) is 12.4. The normalized spacial score (nSPS) is 11.7. The topological polar surface area (TPSA) is 56.8 Å². The number of alkyl halides is 3. The van der Waals surface area contributed by atoms with Crippen LogP contribution in [0.3, 0.4) is 0 Å². The van der Waals surface area contributed by atoms with Crippen LogP contribution in [0.4, 0.5) is 13.2 Å². The molecule has 2 aromatic rings. The lowest BCUT2D eigenvalue weighted by Gasteiger charge is -2.26. The molecule has 2 rings (SSSR count). The summed E-state index contributed by atoms with van der Waals surface area (Å²) in [6.45, 7) is 3.79. The molecule has 1 N–H and O–H groups in total. The number of halogens is 3. The molecule has 0 bridgehead atoms. The summed E-state index contributed by atoms with van der Waals surface area (Å²) in [7, 11) is 4.54. The van der Waals surface area contributed by atoms with Crippen LogP contribution in [0.1, 0.15) is 37.0 Å². The van der Waals surface area contributed by atoms with Gasteiger partial charge in [-0.25, -0.2) is 0 Å². The summed E-state index contributed by atoms with van der Waals surface area (Å²) in [5, 5.41) is 2.82. The monoisotopic (exact) mass is 439 g/mol. The quantitative estimate of drug-likeness (QED) is 0.612. The lowest BCUT2D eigenvalue weighted by molar-refractivity contribution is -0.137. The van der Waals surface area contributed by atoms with Crippen molar-refractivity contribution in [1.82, 2.24) is 5.32 Å². The fourth-order valence-corrected chi connectivity index (χ4v) is 3.23. The van der Waals surface area contributed by atoms with Gasteiger partial charge in [-0.05, 0) is 29.7 Å². The van der Waals surface area contributed by atoms with Crippen LogP contribution in [-0.2, 0) is 22.8 Å². The van der Waals surface area contributed by atoms with Gasteiger partial charge in [0.2, 0.25) is 11.7 Å². The van der Waals surface area contributed by atoms with Gasteiger partial charge in [0, 0.05) is 18.4 Å². The Morgan fingerprint density at radius 1 is 0.935 bits per heavy atom. The number of nitrogens with one attached hydrogen (secondary N) is 1. The highest BCUT2D eigenvalue weighted by Gasteiger charge is 2.32. The molecule has 0 heterocycles. The number of benzene rings is 2. The van der Waals surface area contributed by atoms with Gasteiger partial charge >= 0.3 is 6.18 Å². The van der Waals surface area contributed by atoms with E-state index >= 15 is 0 Å². The predicted octanol–water partition coefficient (Wildman–Crippen LogP) is 4.76. The van der Waals surface area contributed by atoms with Crippen LogP contribution >= 0.6 is 0 Å². The number of carbonyl (C=O) groups excluding carboxylic acids is 1. The van der Waals surface area contributed by atoms with Crippen LogP contribution in [-0.4, -0.2) is 33.8 Å². The Morgan fingerprint density at radius 2 is 1.58 bits per heavy atom. The fourth-order valence-electron chi connectivity index (χ4n) is 3.23. The van der Waals surface area contributed by atoms with Crippen LogP contribution in [0.2, 0.25) is 0 Å². The molecule has 0 aliphatic heterocycles. The SMILES string of the molecule is COc1ccc(CCC(=O)NCC(C)(C)c2cccc(C(F)(F)F)c2)c(OC)c1OC.